The van der Waals surface area contributed by atoms with E-state index in [2.05, 4.69) is 25.9 Å². The smallest absolute Gasteiger partial charge is 0.291 e. The van der Waals surface area contributed by atoms with Crippen molar-refractivity contribution in [3.05, 3.63) is 57.2 Å². The normalized spacial score (nSPS) is 11.0. The van der Waals surface area contributed by atoms with Gasteiger partial charge in [0.2, 0.25) is 5.65 Å². The molecule has 0 atom stereocenters. The molecule has 0 aliphatic carbocycles. The van der Waals surface area contributed by atoms with Crippen LogP contribution in [0, 0.1) is 6.92 Å². The maximum atomic E-state index is 11.6. The molecule has 1 aromatic carbocycles. The van der Waals surface area contributed by atoms with Crippen molar-refractivity contribution in [1.82, 2.24) is 14.4 Å². The first-order valence-electron chi connectivity index (χ1n) is 5.49. The molecule has 0 spiro atoms. The van der Waals surface area contributed by atoms with Gasteiger partial charge in [-0.3, -0.25) is 4.79 Å². The van der Waals surface area contributed by atoms with Gasteiger partial charge in [0.1, 0.15) is 0 Å². The molecular weight excluding hydrogens is 294 g/mol. The van der Waals surface area contributed by atoms with Gasteiger partial charge in [0.25, 0.3) is 5.56 Å². The van der Waals surface area contributed by atoms with Crippen LogP contribution >= 0.6 is 15.9 Å². The molecule has 2 heterocycles. The van der Waals surface area contributed by atoms with Crippen LogP contribution in [0.5, 0.6) is 0 Å². The second-order valence-corrected chi connectivity index (χ2v) is 4.91. The Morgan fingerprint density at radius 3 is 3.00 bits per heavy atom. The Bertz CT molecular complexity index is 788. The zero-order valence-electron chi connectivity index (χ0n) is 9.64. The van der Waals surface area contributed by atoms with E-state index in [9.17, 15) is 4.79 Å². The maximum Gasteiger partial charge on any atom is 0.291 e. The summed E-state index contributed by atoms with van der Waals surface area (Å²) >= 11 is 3.50. The summed E-state index contributed by atoms with van der Waals surface area (Å²) in [5.74, 6) is 0. The number of fused-ring (bicyclic) bond motifs is 1. The second-order valence-electron chi connectivity index (χ2n) is 4.06. The summed E-state index contributed by atoms with van der Waals surface area (Å²) in [7, 11) is 0. The van der Waals surface area contributed by atoms with Crippen LogP contribution < -0.4 is 5.56 Å². The highest BCUT2D eigenvalue weighted by Gasteiger charge is 2.10. The first-order valence-corrected chi connectivity index (χ1v) is 6.28. The predicted molar refractivity (Wildman–Crippen MR) is 73.7 cm³/mol. The Morgan fingerprint density at radius 1 is 1.39 bits per heavy atom. The Morgan fingerprint density at radius 2 is 2.22 bits per heavy atom. The van der Waals surface area contributed by atoms with Gasteiger partial charge in [-0.05, 0) is 18.6 Å². The fourth-order valence-corrected chi connectivity index (χ4v) is 2.31. The summed E-state index contributed by atoms with van der Waals surface area (Å²) < 4.78 is 2.76. The second kappa shape index (κ2) is 4.10. The first-order chi connectivity index (χ1) is 8.66. The number of aromatic nitrogens is 3. The predicted octanol–water partition coefficient (Wildman–Crippen LogP) is 2.76. The van der Waals surface area contributed by atoms with Crippen molar-refractivity contribution >= 4 is 21.6 Å². The third-order valence-electron chi connectivity index (χ3n) is 2.93. The average molecular weight is 304 g/mol. The van der Waals surface area contributed by atoms with Crippen molar-refractivity contribution in [2.75, 3.05) is 0 Å². The molecule has 2 aromatic heterocycles. The van der Waals surface area contributed by atoms with Crippen molar-refractivity contribution in [3.63, 3.8) is 0 Å². The van der Waals surface area contributed by atoms with E-state index in [1.54, 1.807) is 16.8 Å². The van der Waals surface area contributed by atoms with Crippen LogP contribution in [0.25, 0.3) is 16.9 Å². The number of halogens is 1. The zero-order chi connectivity index (χ0) is 12.7. The van der Waals surface area contributed by atoms with Crippen molar-refractivity contribution < 1.29 is 0 Å². The summed E-state index contributed by atoms with van der Waals surface area (Å²) in [6.45, 7) is 2.02. The Balaban J connectivity index is 2.29. The molecule has 0 aliphatic rings. The number of hydrogen-bond acceptors (Lipinski definition) is 2. The van der Waals surface area contributed by atoms with Crippen molar-refractivity contribution in [2.45, 2.75) is 6.92 Å². The van der Waals surface area contributed by atoms with Crippen LogP contribution in [0.1, 0.15) is 5.56 Å². The maximum absolute atomic E-state index is 11.6. The molecule has 0 radical (unpaired) electrons. The van der Waals surface area contributed by atoms with E-state index in [4.69, 9.17) is 0 Å². The topological polar surface area (TPSA) is 50.2 Å². The van der Waals surface area contributed by atoms with E-state index in [-0.39, 0.29) is 5.56 Å². The van der Waals surface area contributed by atoms with Crippen LogP contribution in [0.4, 0.5) is 0 Å². The van der Waals surface area contributed by atoms with Crippen LogP contribution in [-0.2, 0) is 0 Å². The molecule has 18 heavy (non-hydrogen) atoms. The first kappa shape index (κ1) is 11.2. The zero-order valence-corrected chi connectivity index (χ0v) is 11.2. The van der Waals surface area contributed by atoms with Gasteiger partial charge < -0.3 is 9.38 Å². The third-order valence-corrected chi connectivity index (χ3v) is 3.79. The molecule has 0 saturated heterocycles. The summed E-state index contributed by atoms with van der Waals surface area (Å²) in [5.41, 5.74) is 3.15. The lowest BCUT2D eigenvalue weighted by molar-refractivity contribution is 1.09. The van der Waals surface area contributed by atoms with Gasteiger partial charge in [-0.15, -0.1) is 0 Å². The van der Waals surface area contributed by atoms with E-state index in [0.717, 1.165) is 21.3 Å². The van der Waals surface area contributed by atoms with E-state index in [1.165, 1.54) is 0 Å². The fraction of sp³-hybridized carbons (Fsp3) is 0.0769. The number of imidazole rings is 1. The monoisotopic (exact) mass is 303 g/mol. The standard InChI is InChI=1S/C13H10BrN3O/c1-8-9(3-2-4-10(8)14)11-7-17-6-5-15-13(18)12(17)16-11/h2-7H,1H3,(H,15,18). The van der Waals surface area contributed by atoms with Gasteiger partial charge in [-0.1, -0.05) is 28.1 Å². The highest BCUT2D eigenvalue weighted by Crippen LogP contribution is 2.27. The lowest BCUT2D eigenvalue weighted by Gasteiger charge is -2.03. The van der Waals surface area contributed by atoms with E-state index in [0.29, 0.717) is 5.65 Å². The molecule has 3 rings (SSSR count). The van der Waals surface area contributed by atoms with Crippen molar-refractivity contribution in [3.8, 4) is 11.3 Å². The molecule has 0 aliphatic heterocycles. The number of nitrogens with one attached hydrogen (secondary N) is 1. The minimum atomic E-state index is -0.184. The molecule has 0 unspecified atom stereocenters. The lowest BCUT2D eigenvalue weighted by atomic mass is 10.1. The minimum Gasteiger partial charge on any atom is -0.324 e. The molecule has 0 amide bonds. The van der Waals surface area contributed by atoms with Crippen LogP contribution in [0.15, 0.2) is 46.1 Å². The Labute approximate surface area is 111 Å². The van der Waals surface area contributed by atoms with Gasteiger partial charge in [-0.25, -0.2) is 4.98 Å². The summed E-state index contributed by atoms with van der Waals surface area (Å²) in [5, 5.41) is 0. The van der Waals surface area contributed by atoms with E-state index in [1.807, 2.05) is 31.3 Å². The number of hydrogen-bond donors (Lipinski definition) is 1. The highest BCUT2D eigenvalue weighted by atomic mass is 79.9. The van der Waals surface area contributed by atoms with Gasteiger partial charge in [0.05, 0.1) is 5.69 Å². The minimum absolute atomic E-state index is 0.184. The average Bonchev–Trinajstić information content (AvgIpc) is 2.78. The third kappa shape index (κ3) is 1.67. The molecule has 0 fully saturated rings. The van der Waals surface area contributed by atoms with Crippen LogP contribution in [-0.4, -0.2) is 14.4 Å². The number of rotatable bonds is 1. The van der Waals surface area contributed by atoms with Gasteiger partial charge in [-0.2, -0.15) is 0 Å². The fourth-order valence-electron chi connectivity index (χ4n) is 1.95. The van der Waals surface area contributed by atoms with Gasteiger partial charge >= 0.3 is 0 Å². The summed E-state index contributed by atoms with van der Waals surface area (Å²) in [6.07, 6.45) is 5.24. The number of aromatic amines is 1. The molecule has 3 aromatic rings. The highest BCUT2D eigenvalue weighted by molar-refractivity contribution is 9.10. The van der Waals surface area contributed by atoms with Crippen molar-refractivity contribution in [1.29, 1.82) is 0 Å². The number of H-pyrrole nitrogens is 1. The summed E-state index contributed by atoms with van der Waals surface area (Å²) in [6, 6.07) is 5.94. The van der Waals surface area contributed by atoms with Gasteiger partial charge in [0, 0.05) is 28.6 Å². The molecule has 90 valence electrons. The van der Waals surface area contributed by atoms with Crippen LogP contribution in [0.3, 0.4) is 0 Å². The largest absolute Gasteiger partial charge is 0.324 e. The van der Waals surface area contributed by atoms with Crippen molar-refractivity contribution in [2.24, 2.45) is 0 Å². The summed E-state index contributed by atoms with van der Waals surface area (Å²) in [4.78, 5) is 18.6. The van der Waals surface area contributed by atoms with Gasteiger partial charge in [0.15, 0.2) is 0 Å². The number of nitrogens with zero attached hydrogens (tertiary/aromatic N) is 2. The molecule has 5 heteroatoms. The molecule has 1 N–H and O–H groups in total. The Kier molecular flexibility index (Phi) is 2.56. The lowest BCUT2D eigenvalue weighted by Crippen LogP contribution is -2.07. The van der Waals surface area contributed by atoms with Crippen LogP contribution in [0.2, 0.25) is 0 Å². The molecule has 4 nitrogen and oxygen atoms in total. The molecular formula is C13H10BrN3O. The number of benzene rings is 1. The molecule has 0 saturated carbocycles. The Hall–Kier alpha value is -1.88. The quantitative estimate of drug-likeness (QED) is 0.751. The molecule has 0 bridgehead atoms. The van der Waals surface area contributed by atoms with E-state index >= 15 is 0 Å². The van der Waals surface area contributed by atoms with E-state index < -0.39 is 0 Å². The SMILES string of the molecule is Cc1c(Br)cccc1-c1cn2cc[nH]c(=O)c2n1.